The fourth-order valence-electron chi connectivity index (χ4n) is 1.62. The molecular weight excluding hydrogens is 180 g/mol. The average Bonchev–Trinajstić information content (AvgIpc) is 1.81. The summed E-state index contributed by atoms with van der Waals surface area (Å²) >= 11 is 0. The molecule has 0 amide bonds. The number of carbonyl (C=O) groups excluding carboxylic acids is 1. The molecular formula is C10H21O2Si. The molecule has 0 aromatic carbocycles. The van der Waals surface area contributed by atoms with Gasteiger partial charge < -0.3 is 9.22 Å². The van der Waals surface area contributed by atoms with Crippen molar-refractivity contribution in [2.45, 2.75) is 52.8 Å². The molecule has 0 bridgehead atoms. The molecule has 0 aliphatic carbocycles. The van der Waals surface area contributed by atoms with Crippen LogP contribution in [-0.2, 0) is 9.22 Å². The average molecular weight is 201 g/mol. The Labute approximate surface area is 83.4 Å². The van der Waals surface area contributed by atoms with Crippen LogP contribution in [0.2, 0.25) is 13.1 Å². The lowest BCUT2D eigenvalue weighted by Crippen LogP contribution is -2.38. The van der Waals surface area contributed by atoms with E-state index in [1.165, 1.54) is 0 Å². The van der Waals surface area contributed by atoms with Gasteiger partial charge in [0.2, 0.25) is 9.04 Å². The van der Waals surface area contributed by atoms with Gasteiger partial charge >= 0.3 is 0 Å². The number of aldehydes is 1. The minimum atomic E-state index is -0.806. The van der Waals surface area contributed by atoms with E-state index < -0.39 is 14.6 Å². The first-order valence-corrected chi connectivity index (χ1v) is 7.05. The van der Waals surface area contributed by atoms with E-state index in [0.29, 0.717) is 0 Å². The molecule has 0 rings (SSSR count). The second-order valence-corrected chi connectivity index (χ2v) is 7.20. The van der Waals surface area contributed by atoms with Crippen LogP contribution in [0.25, 0.3) is 0 Å². The van der Waals surface area contributed by atoms with Gasteiger partial charge in [0.05, 0.1) is 0 Å². The zero-order valence-electron chi connectivity index (χ0n) is 9.60. The summed E-state index contributed by atoms with van der Waals surface area (Å²) in [6, 6.07) is 0. The summed E-state index contributed by atoms with van der Waals surface area (Å²) in [7, 11) is -0.806. The molecule has 13 heavy (non-hydrogen) atoms. The molecule has 0 aliphatic rings. The molecule has 1 atom stereocenters. The Morgan fingerprint density at radius 1 is 1.23 bits per heavy atom. The van der Waals surface area contributed by atoms with Crippen molar-refractivity contribution in [2.24, 2.45) is 5.41 Å². The number of carbonyl (C=O) groups is 1. The lowest BCUT2D eigenvalue weighted by molar-refractivity contribution is -0.122. The predicted octanol–water partition coefficient (Wildman–Crippen LogP) is 2.65. The fourth-order valence-corrected chi connectivity index (χ4v) is 2.67. The van der Waals surface area contributed by atoms with Crippen molar-refractivity contribution < 1.29 is 9.22 Å². The maximum absolute atomic E-state index is 10.9. The van der Waals surface area contributed by atoms with E-state index >= 15 is 0 Å². The Hall–Kier alpha value is -0.153. The van der Waals surface area contributed by atoms with Crippen molar-refractivity contribution in [1.82, 2.24) is 0 Å². The van der Waals surface area contributed by atoms with Gasteiger partial charge in [-0.25, -0.2) is 0 Å². The van der Waals surface area contributed by atoms with Crippen LogP contribution in [0.15, 0.2) is 0 Å². The van der Waals surface area contributed by atoms with Gasteiger partial charge in [0.15, 0.2) is 0 Å². The van der Waals surface area contributed by atoms with E-state index in [2.05, 4.69) is 33.9 Å². The van der Waals surface area contributed by atoms with E-state index in [1.54, 1.807) is 0 Å². The van der Waals surface area contributed by atoms with Crippen molar-refractivity contribution in [3.63, 3.8) is 0 Å². The molecule has 0 fully saturated rings. The van der Waals surface area contributed by atoms with Crippen molar-refractivity contribution in [3.05, 3.63) is 0 Å². The molecule has 0 aromatic heterocycles. The van der Waals surface area contributed by atoms with Gasteiger partial charge in [-0.2, -0.15) is 0 Å². The zero-order valence-corrected chi connectivity index (χ0v) is 10.6. The first-order chi connectivity index (χ1) is 5.68. The van der Waals surface area contributed by atoms with Crippen molar-refractivity contribution >= 4 is 15.3 Å². The maximum Gasteiger partial charge on any atom is 0.206 e. The lowest BCUT2D eigenvalue weighted by Gasteiger charge is -2.32. The summed E-state index contributed by atoms with van der Waals surface area (Å²) in [6.07, 6.45) is 1.72. The van der Waals surface area contributed by atoms with Crippen molar-refractivity contribution in [3.8, 4) is 0 Å². The molecule has 0 unspecified atom stereocenters. The van der Waals surface area contributed by atoms with Crippen molar-refractivity contribution in [2.75, 3.05) is 0 Å². The summed E-state index contributed by atoms with van der Waals surface area (Å²) in [6.45, 7) is 12.3. The SMILES string of the molecule is C[Si](C)O[C@@](C)(C=O)CC(C)(C)C. The molecule has 0 spiro atoms. The van der Waals surface area contributed by atoms with E-state index in [0.717, 1.165) is 12.7 Å². The molecule has 2 nitrogen and oxygen atoms in total. The molecule has 0 aliphatic heterocycles. The topological polar surface area (TPSA) is 26.3 Å². The van der Waals surface area contributed by atoms with Crippen molar-refractivity contribution in [1.29, 1.82) is 0 Å². The molecule has 0 N–H and O–H groups in total. The standard InChI is InChI=1S/C10H21O2Si/c1-9(2,3)7-10(4,8-11)12-13(5)6/h8H,7H2,1-6H3/t10-/m1/s1. The highest BCUT2D eigenvalue weighted by molar-refractivity contribution is 6.48. The second-order valence-electron chi connectivity index (χ2n) is 5.18. The number of hydrogen-bond donors (Lipinski definition) is 0. The lowest BCUT2D eigenvalue weighted by atomic mass is 9.83. The quantitative estimate of drug-likeness (QED) is 0.516. The second kappa shape index (κ2) is 4.38. The van der Waals surface area contributed by atoms with E-state index in [4.69, 9.17) is 4.43 Å². The third-order valence-electron chi connectivity index (χ3n) is 1.57. The van der Waals surface area contributed by atoms with Crippen LogP contribution < -0.4 is 0 Å². The molecule has 1 radical (unpaired) electrons. The normalized spacial score (nSPS) is 17.2. The third-order valence-corrected chi connectivity index (χ3v) is 2.44. The van der Waals surface area contributed by atoms with Gasteiger partial charge in [0, 0.05) is 0 Å². The Bertz CT molecular complexity index is 172. The molecule has 0 heterocycles. The molecule has 0 saturated carbocycles. The summed E-state index contributed by atoms with van der Waals surface area (Å²) in [5.74, 6) is 0. The van der Waals surface area contributed by atoms with Crippen LogP contribution in [0.3, 0.4) is 0 Å². The molecule has 3 heteroatoms. The molecule has 0 saturated heterocycles. The first-order valence-electron chi connectivity index (χ1n) is 4.64. The van der Waals surface area contributed by atoms with E-state index in [9.17, 15) is 4.79 Å². The zero-order chi connectivity index (χ0) is 10.7. The van der Waals surface area contributed by atoms with Crippen LogP contribution in [0.5, 0.6) is 0 Å². The van der Waals surface area contributed by atoms with E-state index in [-0.39, 0.29) is 5.41 Å². The number of rotatable bonds is 4. The third kappa shape index (κ3) is 5.99. The van der Waals surface area contributed by atoms with E-state index in [1.807, 2.05) is 6.92 Å². The largest absolute Gasteiger partial charge is 0.405 e. The predicted molar refractivity (Wildman–Crippen MR) is 57.1 cm³/mol. The fraction of sp³-hybridized carbons (Fsp3) is 0.900. The van der Waals surface area contributed by atoms with Crippen LogP contribution in [-0.4, -0.2) is 20.9 Å². The minimum absolute atomic E-state index is 0.132. The monoisotopic (exact) mass is 201 g/mol. The molecule has 77 valence electrons. The van der Waals surface area contributed by atoms with Gasteiger partial charge in [0.25, 0.3) is 0 Å². The highest BCUT2D eigenvalue weighted by Gasteiger charge is 2.31. The summed E-state index contributed by atoms with van der Waals surface area (Å²) in [4.78, 5) is 10.9. The van der Waals surface area contributed by atoms with Gasteiger partial charge in [-0.15, -0.1) is 0 Å². The van der Waals surface area contributed by atoms with Crippen LogP contribution >= 0.6 is 0 Å². The first kappa shape index (κ1) is 12.8. The highest BCUT2D eigenvalue weighted by atomic mass is 28.3. The summed E-state index contributed by atoms with van der Waals surface area (Å²) in [5.41, 5.74) is -0.455. The van der Waals surface area contributed by atoms with Crippen LogP contribution in [0, 0.1) is 5.41 Å². The number of hydrogen-bond acceptors (Lipinski definition) is 2. The van der Waals surface area contributed by atoms with Gasteiger partial charge in [-0.1, -0.05) is 20.8 Å². The Morgan fingerprint density at radius 2 is 1.69 bits per heavy atom. The Kier molecular flexibility index (Phi) is 4.32. The smallest absolute Gasteiger partial charge is 0.206 e. The Balaban J connectivity index is 4.37. The molecule has 0 aromatic rings. The highest BCUT2D eigenvalue weighted by Crippen LogP contribution is 2.28. The maximum atomic E-state index is 10.9. The van der Waals surface area contributed by atoms with Gasteiger partial charge in [0.1, 0.15) is 11.9 Å². The minimum Gasteiger partial charge on any atom is -0.405 e. The summed E-state index contributed by atoms with van der Waals surface area (Å²) in [5, 5.41) is 0. The van der Waals surface area contributed by atoms with Gasteiger partial charge in [-0.3, -0.25) is 0 Å². The van der Waals surface area contributed by atoms with Crippen LogP contribution in [0.1, 0.15) is 34.1 Å². The Morgan fingerprint density at radius 3 is 1.92 bits per heavy atom. The van der Waals surface area contributed by atoms with Gasteiger partial charge in [-0.05, 0) is 31.9 Å². The van der Waals surface area contributed by atoms with Crippen LogP contribution in [0.4, 0.5) is 0 Å². The summed E-state index contributed by atoms with van der Waals surface area (Å²) < 4.78 is 5.70.